The van der Waals surface area contributed by atoms with Crippen molar-refractivity contribution in [2.45, 2.75) is 42.7 Å². The molecule has 1 saturated heterocycles. The van der Waals surface area contributed by atoms with Crippen LogP contribution in [0.1, 0.15) is 0 Å². The van der Waals surface area contributed by atoms with E-state index in [1.54, 1.807) is 6.07 Å². The lowest BCUT2D eigenvalue weighted by atomic mass is 9.96. The Morgan fingerprint density at radius 2 is 1.91 bits per heavy atom. The fourth-order valence-corrected chi connectivity index (χ4v) is 2.23. The highest BCUT2D eigenvalue weighted by atomic mass is 16.8. The van der Waals surface area contributed by atoms with Gasteiger partial charge in [0.1, 0.15) is 24.4 Å². The van der Waals surface area contributed by atoms with E-state index < -0.39 is 48.6 Å². The summed E-state index contributed by atoms with van der Waals surface area (Å²) in [5.74, 6) is -1.12. The molecule has 11 nitrogen and oxygen atoms in total. The van der Waals surface area contributed by atoms with Crippen LogP contribution in [0.4, 0.5) is 0 Å². The Balaban J connectivity index is 2.33. The molecule has 0 aromatic heterocycles. The third-order valence-electron chi connectivity index (χ3n) is 3.52. The number of amides is 1. The molecule has 0 bridgehead atoms. The van der Waals surface area contributed by atoms with Crippen LogP contribution in [0.5, 0.6) is 0 Å². The molecule has 0 radical (unpaired) electrons. The second-order valence-electron chi connectivity index (χ2n) is 4.96. The Hall–Kier alpha value is -1.78. The number of aliphatic hydroxyl groups excluding tert-OH is 5. The molecule has 0 aliphatic carbocycles. The number of ether oxygens (including phenoxy) is 3. The van der Waals surface area contributed by atoms with Crippen LogP contribution >= 0.6 is 0 Å². The Labute approximate surface area is 129 Å². The van der Waals surface area contributed by atoms with E-state index in [4.69, 9.17) is 14.2 Å². The molecule has 0 saturated carbocycles. The molecule has 0 aromatic rings. The van der Waals surface area contributed by atoms with Crippen LogP contribution in [0.15, 0.2) is 11.8 Å². The first-order valence-electron chi connectivity index (χ1n) is 6.48. The molecule has 23 heavy (non-hydrogen) atoms. The first-order valence-corrected chi connectivity index (χ1v) is 6.48. The average Bonchev–Trinajstić information content (AvgIpc) is 2.52. The molecular weight excluding hydrogens is 316 g/mol. The van der Waals surface area contributed by atoms with E-state index in [2.05, 4.69) is 0 Å². The van der Waals surface area contributed by atoms with Crippen LogP contribution in [0, 0.1) is 11.3 Å². The molecule has 128 valence electrons. The average molecular weight is 332 g/mol. The Kier molecular flexibility index (Phi) is 4.87. The van der Waals surface area contributed by atoms with Crippen molar-refractivity contribution in [3.05, 3.63) is 11.8 Å². The van der Waals surface area contributed by atoms with Crippen molar-refractivity contribution in [1.82, 2.24) is 5.32 Å². The molecule has 2 aliphatic rings. The van der Waals surface area contributed by atoms with Gasteiger partial charge < -0.3 is 45.1 Å². The zero-order valence-corrected chi connectivity index (χ0v) is 11.9. The number of nitriles is 1. The van der Waals surface area contributed by atoms with Gasteiger partial charge in [-0.15, -0.1) is 0 Å². The maximum atomic E-state index is 11.4. The topological polar surface area (TPSA) is 182 Å². The third kappa shape index (κ3) is 2.89. The molecular formula is C12H16N2O9. The summed E-state index contributed by atoms with van der Waals surface area (Å²) in [4.78, 5) is 11.4. The highest BCUT2D eigenvalue weighted by Crippen LogP contribution is 2.33. The number of nitrogens with one attached hydrogen (secondary N) is 1. The fraction of sp³-hybridized carbons (Fsp3) is 0.667. The summed E-state index contributed by atoms with van der Waals surface area (Å²) in [6.45, 7) is 0. The van der Waals surface area contributed by atoms with Crippen LogP contribution in [-0.2, 0) is 19.0 Å². The number of nitrogens with zero attached hydrogens (tertiary/aromatic N) is 1. The van der Waals surface area contributed by atoms with Crippen molar-refractivity contribution in [3.8, 4) is 6.07 Å². The fourth-order valence-electron chi connectivity index (χ4n) is 2.23. The van der Waals surface area contributed by atoms with Gasteiger partial charge in [-0.05, 0) is 0 Å². The molecule has 2 heterocycles. The van der Waals surface area contributed by atoms with Crippen molar-refractivity contribution < 1.29 is 44.5 Å². The van der Waals surface area contributed by atoms with Gasteiger partial charge in [0, 0.05) is 6.08 Å². The predicted octanol–water partition coefficient (Wildman–Crippen LogP) is -4.00. The Morgan fingerprint density at radius 1 is 1.26 bits per heavy atom. The molecule has 0 spiro atoms. The second kappa shape index (κ2) is 6.38. The molecule has 2 rings (SSSR count). The zero-order valence-electron chi connectivity index (χ0n) is 11.9. The summed E-state index contributed by atoms with van der Waals surface area (Å²) in [6.07, 6.45) is -10.2. The van der Waals surface area contributed by atoms with Crippen LogP contribution in [0.2, 0.25) is 0 Å². The number of hydrogen-bond acceptors (Lipinski definition) is 10. The first-order chi connectivity index (χ1) is 10.8. The highest BCUT2D eigenvalue weighted by molar-refractivity contribution is 5.90. The van der Waals surface area contributed by atoms with Gasteiger partial charge >= 0.3 is 0 Å². The maximum Gasteiger partial charge on any atom is 0.258 e. The van der Waals surface area contributed by atoms with E-state index >= 15 is 0 Å². The van der Waals surface area contributed by atoms with E-state index in [9.17, 15) is 35.6 Å². The summed E-state index contributed by atoms with van der Waals surface area (Å²) in [5, 5.41) is 59.7. The summed E-state index contributed by atoms with van der Waals surface area (Å²) < 4.78 is 14.9. The minimum absolute atomic E-state index is 0.373. The van der Waals surface area contributed by atoms with Crippen LogP contribution in [0.25, 0.3) is 0 Å². The van der Waals surface area contributed by atoms with Gasteiger partial charge in [0.2, 0.25) is 5.91 Å². The van der Waals surface area contributed by atoms with E-state index in [1.807, 2.05) is 5.32 Å². The normalized spacial score (nSPS) is 44.0. The van der Waals surface area contributed by atoms with Gasteiger partial charge in [0.05, 0.1) is 7.11 Å². The van der Waals surface area contributed by atoms with Crippen LogP contribution < -0.4 is 5.32 Å². The molecule has 2 aliphatic heterocycles. The molecule has 0 aromatic carbocycles. The zero-order chi connectivity index (χ0) is 17.4. The van der Waals surface area contributed by atoms with Crippen LogP contribution in [0.3, 0.4) is 0 Å². The van der Waals surface area contributed by atoms with E-state index in [0.29, 0.717) is 0 Å². The number of aliphatic hydroxyl groups is 5. The van der Waals surface area contributed by atoms with Crippen molar-refractivity contribution in [2.24, 2.45) is 0 Å². The number of carbonyl (C=O) groups excluding carboxylic acids is 1. The van der Waals surface area contributed by atoms with Gasteiger partial charge in [-0.2, -0.15) is 5.26 Å². The SMILES string of the molecule is COC1=CC(=O)N[C@@H](O)[C@]1(C#N)O[C@@H]1O[C@H](O)[C@@H](O)[C@H](O)[C@H]1O. The minimum atomic E-state index is -2.30. The monoisotopic (exact) mass is 332 g/mol. The van der Waals surface area contributed by atoms with Gasteiger partial charge in [-0.3, -0.25) is 4.79 Å². The molecule has 1 amide bonds. The van der Waals surface area contributed by atoms with Crippen molar-refractivity contribution >= 4 is 5.91 Å². The van der Waals surface area contributed by atoms with E-state index in [1.165, 1.54) is 0 Å². The summed E-state index contributed by atoms with van der Waals surface area (Å²) in [6, 6.07) is 1.60. The molecule has 7 atom stereocenters. The third-order valence-corrected chi connectivity index (χ3v) is 3.52. The van der Waals surface area contributed by atoms with Gasteiger partial charge in [-0.1, -0.05) is 0 Å². The second-order valence-corrected chi connectivity index (χ2v) is 4.96. The van der Waals surface area contributed by atoms with Crippen LogP contribution in [-0.4, -0.2) is 81.3 Å². The van der Waals surface area contributed by atoms with Crippen molar-refractivity contribution in [2.75, 3.05) is 7.11 Å². The van der Waals surface area contributed by atoms with Crippen molar-refractivity contribution in [1.29, 1.82) is 5.26 Å². The lowest BCUT2D eigenvalue weighted by Crippen LogP contribution is -2.64. The molecule has 6 N–H and O–H groups in total. The molecule has 1 fully saturated rings. The van der Waals surface area contributed by atoms with Gasteiger partial charge in [0.25, 0.3) is 5.60 Å². The summed E-state index contributed by atoms with van der Waals surface area (Å²) in [5.41, 5.74) is -2.30. The largest absolute Gasteiger partial charge is 0.496 e. The smallest absolute Gasteiger partial charge is 0.258 e. The molecule has 11 heteroatoms. The minimum Gasteiger partial charge on any atom is -0.496 e. The van der Waals surface area contributed by atoms with Gasteiger partial charge in [0.15, 0.2) is 24.6 Å². The quantitative estimate of drug-likeness (QED) is 0.298. The van der Waals surface area contributed by atoms with E-state index in [-0.39, 0.29) is 5.76 Å². The predicted molar refractivity (Wildman–Crippen MR) is 67.6 cm³/mol. The standard InChI is InChI=1S/C12H16N2O9/c1-21-4-2-5(15)14-11(20)12(4,3-13)23-10-8(18)6(16)7(17)9(19)22-10/h2,6-11,16-20H,1H3,(H,14,15)/t6-,7-,8+,9-,10-,11-,12+/m0/s1. The summed E-state index contributed by atoms with van der Waals surface area (Å²) >= 11 is 0. The summed E-state index contributed by atoms with van der Waals surface area (Å²) in [7, 11) is 1.12. The van der Waals surface area contributed by atoms with E-state index in [0.717, 1.165) is 13.2 Å². The van der Waals surface area contributed by atoms with Gasteiger partial charge in [-0.25, -0.2) is 0 Å². The van der Waals surface area contributed by atoms with Crippen molar-refractivity contribution in [3.63, 3.8) is 0 Å². The maximum absolute atomic E-state index is 11.4. The number of methoxy groups -OCH3 is 1. The number of carbonyl (C=O) groups is 1. The first kappa shape index (κ1) is 17.6. The lowest BCUT2D eigenvalue weighted by molar-refractivity contribution is -0.359. The highest BCUT2D eigenvalue weighted by Gasteiger charge is 2.54. The Bertz CT molecular complexity index is 547. The Morgan fingerprint density at radius 3 is 2.48 bits per heavy atom. The number of hydrogen-bond donors (Lipinski definition) is 6. The number of rotatable bonds is 3. The lowest BCUT2D eigenvalue weighted by Gasteiger charge is -2.43. The molecule has 0 unspecified atom stereocenters.